The van der Waals surface area contributed by atoms with E-state index < -0.39 is 43.0 Å². The Morgan fingerprint density at radius 1 is 1.19 bits per heavy atom. The lowest BCUT2D eigenvalue weighted by Gasteiger charge is -2.19. The molecule has 0 aliphatic heterocycles. The fourth-order valence-corrected chi connectivity index (χ4v) is 2.79. The molecule has 0 bridgehead atoms. The summed E-state index contributed by atoms with van der Waals surface area (Å²) in [4.78, 5) is 45.4. The lowest BCUT2D eigenvalue weighted by atomic mass is 10.2. The molecule has 27 heavy (non-hydrogen) atoms. The number of amides is 3. The van der Waals surface area contributed by atoms with Gasteiger partial charge in [0.25, 0.3) is 0 Å². The number of aliphatic hydroxyl groups excluding tert-OH is 1. The second-order valence-electron chi connectivity index (χ2n) is 5.39. The molecule has 3 atom stereocenters. The first kappa shape index (κ1) is 25.3. The summed E-state index contributed by atoms with van der Waals surface area (Å²) in [6.45, 7) is -0.806. The SMILES string of the molecule is COCC(CSCC(N)C(=O)N[C@@H](CO)C(=O)NCC(=O)NCC=O)OC. The number of aldehydes is 1. The summed E-state index contributed by atoms with van der Waals surface area (Å²) in [5.41, 5.74) is 5.78. The molecule has 0 fully saturated rings. The molecule has 3 amide bonds. The number of carbonyl (C=O) groups is 4. The molecule has 0 aliphatic carbocycles. The highest BCUT2D eigenvalue weighted by atomic mass is 32.2. The van der Waals surface area contributed by atoms with E-state index in [2.05, 4.69) is 16.0 Å². The largest absolute Gasteiger partial charge is 0.394 e. The van der Waals surface area contributed by atoms with Crippen LogP contribution in [0.5, 0.6) is 0 Å². The fourth-order valence-electron chi connectivity index (χ4n) is 1.75. The van der Waals surface area contributed by atoms with E-state index in [9.17, 15) is 24.3 Å². The predicted octanol–water partition coefficient (Wildman–Crippen LogP) is -3.38. The van der Waals surface area contributed by atoms with Crippen LogP contribution in [0.1, 0.15) is 0 Å². The summed E-state index contributed by atoms with van der Waals surface area (Å²) in [6, 6.07) is -2.14. The molecule has 0 aromatic heterocycles. The average Bonchev–Trinajstić information content (AvgIpc) is 2.67. The van der Waals surface area contributed by atoms with Gasteiger partial charge in [0.1, 0.15) is 12.3 Å². The molecule has 156 valence electrons. The minimum atomic E-state index is -1.24. The van der Waals surface area contributed by atoms with Crippen LogP contribution in [0.3, 0.4) is 0 Å². The van der Waals surface area contributed by atoms with Crippen LogP contribution in [0.15, 0.2) is 0 Å². The smallest absolute Gasteiger partial charge is 0.245 e. The Balaban J connectivity index is 4.30. The Hall–Kier alpha value is -1.73. The third-order valence-electron chi connectivity index (χ3n) is 3.25. The monoisotopic (exact) mass is 408 g/mol. The third kappa shape index (κ3) is 11.6. The Labute approximate surface area is 162 Å². The number of aliphatic hydroxyl groups is 1. The highest BCUT2D eigenvalue weighted by Gasteiger charge is 2.23. The Morgan fingerprint density at radius 2 is 1.89 bits per heavy atom. The summed E-state index contributed by atoms with van der Waals surface area (Å²) in [7, 11) is 3.11. The van der Waals surface area contributed by atoms with Crippen molar-refractivity contribution < 1.29 is 33.8 Å². The van der Waals surface area contributed by atoms with Crippen LogP contribution in [0, 0.1) is 0 Å². The van der Waals surface area contributed by atoms with E-state index >= 15 is 0 Å². The molecule has 0 aromatic rings. The minimum Gasteiger partial charge on any atom is -0.394 e. The van der Waals surface area contributed by atoms with E-state index in [-0.39, 0.29) is 18.4 Å². The molecule has 0 saturated heterocycles. The van der Waals surface area contributed by atoms with Gasteiger partial charge >= 0.3 is 0 Å². The molecular weight excluding hydrogens is 380 g/mol. The van der Waals surface area contributed by atoms with Crippen molar-refractivity contribution >= 4 is 35.8 Å². The zero-order valence-electron chi connectivity index (χ0n) is 15.4. The topological polar surface area (TPSA) is 169 Å². The van der Waals surface area contributed by atoms with E-state index in [0.29, 0.717) is 18.6 Å². The Kier molecular flexibility index (Phi) is 14.4. The van der Waals surface area contributed by atoms with Gasteiger partial charge in [0, 0.05) is 25.7 Å². The maximum Gasteiger partial charge on any atom is 0.245 e. The third-order valence-corrected chi connectivity index (χ3v) is 4.45. The number of rotatable bonds is 15. The molecule has 0 spiro atoms. The van der Waals surface area contributed by atoms with Crippen LogP contribution in [0.4, 0.5) is 0 Å². The normalized spacial score (nSPS) is 13.9. The minimum absolute atomic E-state index is 0.128. The number of ether oxygens (including phenoxy) is 2. The second-order valence-corrected chi connectivity index (χ2v) is 6.46. The Bertz CT molecular complexity index is 481. The molecular formula is C15H28N4O7S. The van der Waals surface area contributed by atoms with Crippen LogP contribution in [-0.2, 0) is 28.7 Å². The maximum absolute atomic E-state index is 12.1. The highest BCUT2D eigenvalue weighted by Crippen LogP contribution is 2.07. The van der Waals surface area contributed by atoms with Gasteiger partial charge in [0.05, 0.1) is 38.4 Å². The standard InChI is InChI=1S/C15H28N4O7S/c1-25-7-10(26-2)8-27-9-11(16)14(23)19-12(6-21)15(24)18-5-13(22)17-3-4-20/h4,10-12,21H,3,5-9,16H2,1-2H3,(H,17,22)(H,18,24)(H,19,23)/t10?,11?,12-/m0/s1. The van der Waals surface area contributed by atoms with Crippen LogP contribution in [0.25, 0.3) is 0 Å². The summed E-state index contributed by atoms with van der Waals surface area (Å²) >= 11 is 1.39. The van der Waals surface area contributed by atoms with Crippen molar-refractivity contribution in [2.75, 3.05) is 52.0 Å². The van der Waals surface area contributed by atoms with Crippen molar-refractivity contribution in [2.45, 2.75) is 18.2 Å². The predicted molar refractivity (Wildman–Crippen MR) is 99.1 cm³/mol. The van der Waals surface area contributed by atoms with Gasteiger partial charge in [-0.2, -0.15) is 11.8 Å². The zero-order valence-corrected chi connectivity index (χ0v) is 16.3. The number of thioether (sulfide) groups is 1. The van der Waals surface area contributed by atoms with Crippen molar-refractivity contribution in [1.82, 2.24) is 16.0 Å². The molecule has 0 rings (SSSR count). The molecule has 0 radical (unpaired) electrons. The van der Waals surface area contributed by atoms with Gasteiger partial charge in [-0.25, -0.2) is 0 Å². The maximum atomic E-state index is 12.1. The zero-order chi connectivity index (χ0) is 20.7. The molecule has 0 saturated carbocycles. The quantitative estimate of drug-likeness (QED) is 0.173. The van der Waals surface area contributed by atoms with E-state index in [4.69, 9.17) is 15.2 Å². The van der Waals surface area contributed by atoms with E-state index in [1.807, 2.05) is 0 Å². The summed E-state index contributed by atoms with van der Waals surface area (Å²) < 4.78 is 10.2. The lowest BCUT2D eigenvalue weighted by molar-refractivity contribution is -0.131. The van der Waals surface area contributed by atoms with Gasteiger partial charge in [-0.1, -0.05) is 0 Å². The van der Waals surface area contributed by atoms with Crippen molar-refractivity contribution in [3.05, 3.63) is 0 Å². The van der Waals surface area contributed by atoms with E-state index in [1.165, 1.54) is 11.8 Å². The first-order valence-electron chi connectivity index (χ1n) is 8.13. The van der Waals surface area contributed by atoms with E-state index in [1.54, 1.807) is 14.2 Å². The molecule has 6 N–H and O–H groups in total. The Morgan fingerprint density at radius 3 is 2.44 bits per heavy atom. The van der Waals surface area contributed by atoms with Crippen molar-refractivity contribution in [2.24, 2.45) is 5.73 Å². The van der Waals surface area contributed by atoms with Crippen molar-refractivity contribution in [3.63, 3.8) is 0 Å². The fraction of sp³-hybridized carbons (Fsp3) is 0.733. The molecule has 0 aliphatic rings. The molecule has 0 heterocycles. The van der Waals surface area contributed by atoms with Crippen LogP contribution < -0.4 is 21.7 Å². The van der Waals surface area contributed by atoms with Gasteiger partial charge < -0.3 is 41.1 Å². The number of methoxy groups -OCH3 is 2. The number of nitrogens with two attached hydrogens (primary N) is 1. The molecule has 11 nitrogen and oxygen atoms in total. The van der Waals surface area contributed by atoms with Crippen LogP contribution in [-0.4, -0.2) is 99.3 Å². The second kappa shape index (κ2) is 15.3. The van der Waals surface area contributed by atoms with Crippen LogP contribution >= 0.6 is 11.8 Å². The first-order valence-corrected chi connectivity index (χ1v) is 9.29. The first-order chi connectivity index (χ1) is 12.9. The van der Waals surface area contributed by atoms with E-state index in [0.717, 1.165) is 0 Å². The number of carbonyl (C=O) groups excluding carboxylic acids is 4. The number of hydrogen-bond acceptors (Lipinski definition) is 9. The number of nitrogens with one attached hydrogen (secondary N) is 3. The number of hydrogen-bond donors (Lipinski definition) is 5. The summed E-state index contributed by atoms with van der Waals surface area (Å²) in [5.74, 6) is -1.07. The molecule has 0 aromatic carbocycles. The summed E-state index contributed by atoms with van der Waals surface area (Å²) in [6.07, 6.45) is 0.372. The lowest BCUT2D eigenvalue weighted by Crippen LogP contribution is -2.54. The van der Waals surface area contributed by atoms with Gasteiger partial charge in [0.2, 0.25) is 17.7 Å². The van der Waals surface area contributed by atoms with Gasteiger partial charge in [-0.3, -0.25) is 14.4 Å². The van der Waals surface area contributed by atoms with Crippen LogP contribution in [0.2, 0.25) is 0 Å². The molecule has 12 heteroatoms. The molecule has 2 unspecified atom stereocenters. The average molecular weight is 408 g/mol. The van der Waals surface area contributed by atoms with Crippen molar-refractivity contribution in [3.8, 4) is 0 Å². The summed E-state index contributed by atoms with van der Waals surface area (Å²) in [5, 5.41) is 16.1. The van der Waals surface area contributed by atoms with Gasteiger partial charge in [-0.05, 0) is 0 Å². The van der Waals surface area contributed by atoms with Gasteiger partial charge in [-0.15, -0.1) is 0 Å². The highest BCUT2D eigenvalue weighted by molar-refractivity contribution is 7.99. The van der Waals surface area contributed by atoms with Gasteiger partial charge in [0.15, 0.2) is 0 Å². The van der Waals surface area contributed by atoms with Crippen molar-refractivity contribution in [1.29, 1.82) is 0 Å².